The van der Waals surface area contributed by atoms with Gasteiger partial charge in [-0.25, -0.2) is 9.98 Å². The van der Waals surface area contributed by atoms with Crippen LogP contribution in [-0.4, -0.2) is 43.7 Å². The van der Waals surface area contributed by atoms with Crippen LogP contribution in [-0.2, 0) is 0 Å². The largest absolute Gasteiger partial charge is 0.446 e. The molecule has 0 spiro atoms. The lowest BCUT2D eigenvalue weighted by Crippen LogP contribution is -2.43. The van der Waals surface area contributed by atoms with Gasteiger partial charge in [0.1, 0.15) is 29.1 Å². The Hall–Kier alpha value is -5.81. The molecule has 0 saturated carbocycles. The molecule has 10 nitrogen and oxygen atoms in total. The molecule has 10 rings (SSSR count). The van der Waals surface area contributed by atoms with Gasteiger partial charge in [0.05, 0.1) is 11.7 Å². The van der Waals surface area contributed by atoms with E-state index in [0.29, 0.717) is 17.6 Å². The second-order valence-electron chi connectivity index (χ2n) is 15.3. The number of piperidine rings is 2. The molecule has 2 fully saturated rings. The summed E-state index contributed by atoms with van der Waals surface area (Å²) in [7, 11) is 0. The van der Waals surface area contributed by atoms with E-state index in [4.69, 9.17) is 23.8 Å². The van der Waals surface area contributed by atoms with Crippen molar-refractivity contribution >= 4 is 69.1 Å². The van der Waals surface area contributed by atoms with Gasteiger partial charge in [0, 0.05) is 83.1 Å². The number of furan rings is 2. The molecule has 2 atom stereocenters. The number of dihydropyridines is 1. The van der Waals surface area contributed by atoms with Crippen LogP contribution >= 0.6 is 11.3 Å². The number of allylic oxidation sites excluding steroid dienone is 1. The predicted octanol–water partition coefficient (Wildman–Crippen LogP) is 10.5. The number of aliphatic imine (C=N–C) groups is 3. The third-order valence-corrected chi connectivity index (χ3v) is 12.1. The number of rotatable bonds is 9. The summed E-state index contributed by atoms with van der Waals surface area (Å²) in [6.45, 7) is 8.20. The summed E-state index contributed by atoms with van der Waals surface area (Å²) in [5, 5.41) is 15.2. The molecule has 0 bridgehead atoms. The molecule has 56 heavy (non-hydrogen) atoms. The first-order chi connectivity index (χ1) is 27.5. The highest BCUT2D eigenvalue weighted by molar-refractivity contribution is 7.08. The molecule has 0 amide bonds. The van der Waals surface area contributed by atoms with E-state index < -0.39 is 0 Å². The van der Waals surface area contributed by atoms with Gasteiger partial charge in [-0.1, -0.05) is 12.1 Å². The number of benzene rings is 2. The van der Waals surface area contributed by atoms with Crippen molar-refractivity contribution in [3.05, 3.63) is 123 Å². The molecule has 5 aromatic rings. The van der Waals surface area contributed by atoms with Gasteiger partial charge in [0.25, 0.3) is 0 Å². The number of anilines is 6. The lowest BCUT2D eigenvalue weighted by molar-refractivity contribution is 0.550. The zero-order valence-corrected chi connectivity index (χ0v) is 32.7. The number of hydrogen-bond acceptors (Lipinski definition) is 11. The van der Waals surface area contributed by atoms with Crippen LogP contribution in [0.4, 0.5) is 34.5 Å². The van der Waals surface area contributed by atoms with Crippen molar-refractivity contribution in [1.82, 2.24) is 5.32 Å². The van der Waals surface area contributed by atoms with Crippen LogP contribution in [0.2, 0.25) is 0 Å². The first-order valence-electron chi connectivity index (χ1n) is 19.9. The Morgan fingerprint density at radius 1 is 0.732 bits per heavy atom. The van der Waals surface area contributed by atoms with Gasteiger partial charge in [-0.3, -0.25) is 4.99 Å². The summed E-state index contributed by atoms with van der Waals surface area (Å²) >= 11 is 1.64. The second-order valence-corrected chi connectivity index (χ2v) is 16.1. The monoisotopic (exact) mass is 762 g/mol. The molecule has 3 aromatic heterocycles. The Morgan fingerprint density at radius 2 is 1.39 bits per heavy atom. The number of hydrogen-bond donors (Lipinski definition) is 3. The van der Waals surface area contributed by atoms with Crippen LogP contribution in [0.25, 0.3) is 5.70 Å². The SMILES string of the molecule is Cc1ccc(Nc2cc(N3CCCCC3)ccc2C2=CC3=CC(c4ccc(N5CCCCC5)cc4Nc4ccc(C)o4)N=C4N=C(c5ccsc5)N=C(N2)C34)o1. The van der Waals surface area contributed by atoms with Crippen LogP contribution in [0, 0.1) is 19.8 Å². The van der Waals surface area contributed by atoms with Crippen molar-refractivity contribution in [3.8, 4) is 0 Å². The van der Waals surface area contributed by atoms with E-state index in [1.807, 2.05) is 38.1 Å². The lowest BCUT2D eigenvalue weighted by atomic mass is 9.84. The number of nitrogens with zero attached hydrogens (tertiary/aromatic N) is 5. The van der Waals surface area contributed by atoms with Gasteiger partial charge in [-0.2, -0.15) is 11.3 Å². The smallest absolute Gasteiger partial charge is 0.197 e. The van der Waals surface area contributed by atoms with E-state index in [2.05, 4.69) is 91.1 Å². The van der Waals surface area contributed by atoms with E-state index in [1.165, 1.54) is 49.9 Å². The first kappa shape index (κ1) is 34.7. The number of aryl methyl sites for hydroxylation is 2. The summed E-state index contributed by atoms with van der Waals surface area (Å²) in [5.74, 6) is 5.19. The molecule has 3 N–H and O–H groups in total. The van der Waals surface area contributed by atoms with Crippen LogP contribution in [0.15, 0.2) is 119 Å². The minimum Gasteiger partial charge on any atom is -0.446 e. The predicted molar refractivity (Wildman–Crippen MR) is 230 cm³/mol. The highest BCUT2D eigenvalue weighted by atomic mass is 32.1. The Bertz CT molecular complexity index is 2420. The molecule has 2 unspecified atom stereocenters. The summed E-state index contributed by atoms with van der Waals surface area (Å²) < 4.78 is 12.1. The van der Waals surface area contributed by atoms with Crippen molar-refractivity contribution < 1.29 is 8.83 Å². The molecule has 0 aliphatic carbocycles. The van der Waals surface area contributed by atoms with Gasteiger partial charge < -0.3 is 34.6 Å². The van der Waals surface area contributed by atoms with Gasteiger partial charge in [0.15, 0.2) is 17.6 Å². The average molecular weight is 763 g/mol. The molecule has 284 valence electrons. The Balaban J connectivity index is 1.09. The number of nitrogens with one attached hydrogen (secondary N) is 3. The molecule has 5 aliphatic rings. The Kier molecular flexibility index (Phi) is 9.09. The zero-order valence-electron chi connectivity index (χ0n) is 31.8. The Labute approximate surface area is 331 Å². The standard InChI is InChI=1S/C45H46N8O2S/c1-28-9-15-40(54-28)46-38-25-32(52-18-5-3-6-19-52)11-13-34(38)36-23-31-24-37(49-45-42(31)44(48-36)50-43(51-45)30-17-22-56-27-30)35-14-12-33(53-20-7-4-8-21-53)26-39(35)47-41-16-10-29(2)55-41/h9-17,22-27,36,42,46-47H,3-8,18-21H2,1-2H3,(H,48,49,50,51). The quantitative estimate of drug-likeness (QED) is 0.137. The van der Waals surface area contributed by atoms with Crippen molar-refractivity contribution in [2.24, 2.45) is 20.9 Å². The highest BCUT2D eigenvalue weighted by Gasteiger charge is 2.38. The van der Waals surface area contributed by atoms with Crippen LogP contribution in [0.3, 0.4) is 0 Å². The minimum atomic E-state index is -0.294. The molecule has 5 aliphatic heterocycles. The zero-order chi connectivity index (χ0) is 37.6. The Morgan fingerprint density at radius 3 is 2.04 bits per heavy atom. The van der Waals surface area contributed by atoms with E-state index in [1.54, 1.807) is 11.3 Å². The maximum Gasteiger partial charge on any atom is 0.197 e. The van der Waals surface area contributed by atoms with Crippen molar-refractivity contribution in [2.75, 3.05) is 46.6 Å². The molecule has 11 heteroatoms. The van der Waals surface area contributed by atoms with Crippen LogP contribution in [0.1, 0.15) is 72.8 Å². The summed E-state index contributed by atoms with van der Waals surface area (Å²) in [4.78, 5) is 20.7. The number of amidine groups is 3. The molecule has 2 aromatic carbocycles. The third kappa shape index (κ3) is 6.85. The van der Waals surface area contributed by atoms with E-state index in [9.17, 15) is 0 Å². The van der Waals surface area contributed by atoms with Crippen LogP contribution in [0.5, 0.6) is 0 Å². The maximum atomic E-state index is 6.04. The van der Waals surface area contributed by atoms with Gasteiger partial charge >= 0.3 is 0 Å². The fourth-order valence-electron chi connectivity index (χ4n) is 8.51. The summed E-state index contributed by atoms with van der Waals surface area (Å²) in [6, 6.07) is 23.2. The highest BCUT2D eigenvalue weighted by Crippen LogP contribution is 2.42. The van der Waals surface area contributed by atoms with Crippen molar-refractivity contribution in [3.63, 3.8) is 0 Å². The van der Waals surface area contributed by atoms with E-state index in [0.717, 1.165) is 88.7 Å². The minimum absolute atomic E-state index is 0.203. The molecular formula is C45H46N8O2S. The fraction of sp³-hybridized carbons (Fsp3) is 0.311. The number of thiophene rings is 1. The van der Waals surface area contributed by atoms with Gasteiger partial charge in [-0.15, -0.1) is 0 Å². The second kappa shape index (κ2) is 14.7. The normalized spacial score (nSPS) is 20.6. The topological polar surface area (TPSA) is 106 Å². The van der Waals surface area contributed by atoms with Crippen molar-refractivity contribution in [1.29, 1.82) is 0 Å². The van der Waals surface area contributed by atoms with Gasteiger partial charge in [-0.05, 0) is 118 Å². The summed E-state index contributed by atoms with van der Waals surface area (Å²) in [5.41, 5.74) is 9.51. The average Bonchev–Trinajstić information content (AvgIpc) is 4.01. The first-order valence-corrected chi connectivity index (χ1v) is 20.9. The molecular weight excluding hydrogens is 717 g/mol. The maximum absolute atomic E-state index is 6.04. The third-order valence-electron chi connectivity index (χ3n) is 11.4. The summed E-state index contributed by atoms with van der Waals surface area (Å²) in [6.07, 6.45) is 12.0. The molecule has 8 heterocycles. The molecule has 2 saturated heterocycles. The van der Waals surface area contributed by atoms with E-state index >= 15 is 0 Å². The van der Waals surface area contributed by atoms with Crippen LogP contribution < -0.4 is 25.8 Å². The lowest BCUT2D eigenvalue weighted by Gasteiger charge is -2.35. The van der Waals surface area contributed by atoms with E-state index in [-0.39, 0.29) is 12.0 Å². The molecule has 0 radical (unpaired) electrons. The van der Waals surface area contributed by atoms with Crippen molar-refractivity contribution in [2.45, 2.75) is 58.4 Å². The van der Waals surface area contributed by atoms with Gasteiger partial charge in [0.2, 0.25) is 0 Å². The fourth-order valence-corrected chi connectivity index (χ4v) is 9.15.